The number of alkyl halides is 3. The second-order valence-corrected chi connectivity index (χ2v) is 8.29. The van der Waals surface area contributed by atoms with Crippen LogP contribution in [0.5, 0.6) is 0 Å². The Morgan fingerprint density at radius 1 is 1.39 bits per heavy atom. The van der Waals surface area contributed by atoms with E-state index in [0.717, 1.165) is 0 Å². The SMILES string of the molecule is CC(C)(C)[S+]([O-])N=Cc1cc(Br)c(C(F)(F)F)s1. The molecule has 0 amide bonds. The molecule has 2 nitrogen and oxygen atoms in total. The predicted octanol–water partition coefficient (Wildman–Crippen LogP) is 4.41. The van der Waals surface area contributed by atoms with Crippen molar-refractivity contribution in [3.63, 3.8) is 0 Å². The Kier molecular flexibility index (Phi) is 4.91. The summed E-state index contributed by atoms with van der Waals surface area (Å²) in [6.07, 6.45) is -3.18. The van der Waals surface area contributed by atoms with E-state index in [0.29, 0.717) is 16.2 Å². The molecule has 18 heavy (non-hydrogen) atoms. The molecule has 0 aromatic carbocycles. The third kappa shape index (κ3) is 4.25. The van der Waals surface area contributed by atoms with Gasteiger partial charge in [0.15, 0.2) is 0 Å². The Hall–Kier alpha value is -0.0500. The van der Waals surface area contributed by atoms with Gasteiger partial charge in [0.1, 0.15) is 21.0 Å². The molecular formula is C10H11BrF3NOS2. The predicted molar refractivity (Wildman–Crippen MR) is 72.5 cm³/mol. The van der Waals surface area contributed by atoms with Crippen molar-refractivity contribution in [1.29, 1.82) is 0 Å². The molecule has 1 unspecified atom stereocenters. The van der Waals surface area contributed by atoms with Gasteiger partial charge in [0, 0.05) is 4.47 Å². The van der Waals surface area contributed by atoms with Crippen molar-refractivity contribution in [3.8, 4) is 0 Å². The smallest absolute Gasteiger partial charge is 0.426 e. The van der Waals surface area contributed by atoms with Crippen LogP contribution in [-0.2, 0) is 17.5 Å². The Bertz CT molecular complexity index is 451. The summed E-state index contributed by atoms with van der Waals surface area (Å²) in [5, 5.41) is 0. The summed E-state index contributed by atoms with van der Waals surface area (Å²) in [6.45, 7) is 5.23. The van der Waals surface area contributed by atoms with Gasteiger partial charge in [0.2, 0.25) is 0 Å². The number of nitrogens with zero attached hydrogens (tertiary/aromatic N) is 1. The molecule has 0 aliphatic carbocycles. The lowest BCUT2D eigenvalue weighted by Crippen LogP contribution is -2.25. The highest BCUT2D eigenvalue weighted by molar-refractivity contribution is 9.10. The number of halogens is 4. The molecule has 8 heteroatoms. The first-order chi connectivity index (χ1) is 8.01. The second kappa shape index (κ2) is 5.52. The largest absolute Gasteiger partial charge is 0.591 e. The van der Waals surface area contributed by atoms with Crippen LogP contribution in [0.15, 0.2) is 14.9 Å². The quantitative estimate of drug-likeness (QED) is 0.567. The minimum Gasteiger partial charge on any atom is -0.591 e. The molecule has 102 valence electrons. The third-order valence-electron chi connectivity index (χ3n) is 1.76. The molecule has 1 heterocycles. The minimum atomic E-state index is -4.39. The molecule has 0 aliphatic heterocycles. The van der Waals surface area contributed by atoms with Gasteiger partial charge in [-0.2, -0.15) is 13.2 Å². The van der Waals surface area contributed by atoms with Gasteiger partial charge in [-0.05, 0) is 42.8 Å². The number of rotatable bonds is 2. The van der Waals surface area contributed by atoms with Gasteiger partial charge in [-0.1, -0.05) is 4.40 Å². The monoisotopic (exact) mass is 361 g/mol. The highest BCUT2D eigenvalue weighted by atomic mass is 79.9. The zero-order valence-corrected chi connectivity index (χ0v) is 13.1. The zero-order valence-electron chi connectivity index (χ0n) is 9.84. The van der Waals surface area contributed by atoms with E-state index < -0.39 is 27.2 Å². The Labute approximate surface area is 119 Å². The van der Waals surface area contributed by atoms with Crippen LogP contribution in [0, 0.1) is 0 Å². The van der Waals surface area contributed by atoms with E-state index >= 15 is 0 Å². The zero-order chi connectivity index (χ0) is 14.1. The van der Waals surface area contributed by atoms with Crippen LogP contribution in [-0.4, -0.2) is 15.5 Å². The fourth-order valence-corrected chi connectivity index (χ4v) is 3.15. The molecule has 0 spiro atoms. The number of thiophene rings is 1. The summed E-state index contributed by atoms with van der Waals surface area (Å²) in [4.78, 5) is -0.405. The van der Waals surface area contributed by atoms with Crippen molar-refractivity contribution < 1.29 is 17.7 Å². The van der Waals surface area contributed by atoms with Crippen LogP contribution >= 0.6 is 27.3 Å². The summed E-state index contributed by atoms with van der Waals surface area (Å²) in [5.41, 5.74) is 0. The van der Waals surface area contributed by atoms with Crippen molar-refractivity contribution in [3.05, 3.63) is 20.3 Å². The van der Waals surface area contributed by atoms with Crippen molar-refractivity contribution in [2.75, 3.05) is 0 Å². The Morgan fingerprint density at radius 3 is 2.33 bits per heavy atom. The molecule has 1 aromatic rings. The van der Waals surface area contributed by atoms with Gasteiger partial charge >= 0.3 is 6.18 Å². The maximum Gasteiger partial charge on any atom is 0.426 e. The average molecular weight is 362 g/mol. The molecule has 1 atom stereocenters. The fraction of sp³-hybridized carbons (Fsp3) is 0.500. The van der Waals surface area contributed by atoms with E-state index in [2.05, 4.69) is 20.3 Å². The van der Waals surface area contributed by atoms with Gasteiger partial charge in [-0.15, -0.1) is 11.3 Å². The lowest BCUT2D eigenvalue weighted by Gasteiger charge is -2.17. The highest BCUT2D eigenvalue weighted by Crippen LogP contribution is 2.40. The molecule has 0 saturated carbocycles. The van der Waals surface area contributed by atoms with E-state index in [4.69, 9.17) is 0 Å². The Morgan fingerprint density at radius 2 is 1.94 bits per heavy atom. The molecule has 1 rings (SSSR count). The van der Waals surface area contributed by atoms with Gasteiger partial charge < -0.3 is 4.55 Å². The highest BCUT2D eigenvalue weighted by Gasteiger charge is 2.35. The second-order valence-electron chi connectivity index (χ2n) is 4.42. The van der Waals surface area contributed by atoms with E-state index in [-0.39, 0.29) is 4.47 Å². The van der Waals surface area contributed by atoms with E-state index in [1.165, 1.54) is 12.3 Å². The van der Waals surface area contributed by atoms with Crippen LogP contribution in [0.2, 0.25) is 0 Å². The van der Waals surface area contributed by atoms with Crippen molar-refractivity contribution >= 4 is 44.8 Å². The molecule has 1 aromatic heterocycles. The molecule has 0 aliphatic rings. The first kappa shape index (κ1) is 16.0. The van der Waals surface area contributed by atoms with Crippen LogP contribution in [0.25, 0.3) is 0 Å². The van der Waals surface area contributed by atoms with Crippen molar-refractivity contribution in [2.24, 2.45) is 4.40 Å². The normalized spacial score (nSPS) is 15.3. The molecule has 0 bridgehead atoms. The molecular weight excluding hydrogens is 351 g/mol. The van der Waals surface area contributed by atoms with Gasteiger partial charge in [-0.3, -0.25) is 0 Å². The Balaban J connectivity index is 2.91. The molecule has 0 radical (unpaired) electrons. The fourth-order valence-electron chi connectivity index (χ4n) is 0.901. The van der Waals surface area contributed by atoms with Crippen LogP contribution in [0.3, 0.4) is 0 Å². The molecule has 0 saturated heterocycles. The summed E-state index contributed by atoms with van der Waals surface area (Å²) < 4.78 is 52.4. The molecule has 0 fully saturated rings. The summed E-state index contributed by atoms with van der Waals surface area (Å²) in [6, 6.07) is 1.32. The van der Waals surface area contributed by atoms with Crippen LogP contribution < -0.4 is 0 Å². The third-order valence-corrected chi connectivity index (χ3v) is 5.11. The lowest BCUT2D eigenvalue weighted by molar-refractivity contribution is -0.134. The van der Waals surface area contributed by atoms with Crippen molar-refractivity contribution in [2.45, 2.75) is 31.7 Å². The van der Waals surface area contributed by atoms with Gasteiger partial charge in [0.25, 0.3) is 0 Å². The first-order valence-electron chi connectivity index (χ1n) is 4.84. The van der Waals surface area contributed by atoms with E-state index in [1.54, 1.807) is 20.8 Å². The average Bonchev–Trinajstić information content (AvgIpc) is 2.54. The standard InChI is InChI=1S/C10H11BrF3NOS2/c1-9(2,3)18(16)15-5-6-4-7(11)8(17-6)10(12,13)14/h4-5H,1-3H3. The van der Waals surface area contributed by atoms with Gasteiger partial charge in [-0.25, -0.2) is 0 Å². The van der Waals surface area contributed by atoms with E-state index in [9.17, 15) is 17.7 Å². The van der Waals surface area contributed by atoms with Crippen LogP contribution in [0.1, 0.15) is 30.5 Å². The minimum absolute atomic E-state index is 0.0250. The van der Waals surface area contributed by atoms with Crippen LogP contribution in [0.4, 0.5) is 13.2 Å². The maximum atomic E-state index is 12.5. The van der Waals surface area contributed by atoms with Gasteiger partial charge in [0.05, 0.1) is 11.1 Å². The summed E-state index contributed by atoms with van der Waals surface area (Å²) in [7, 11) is 0. The maximum absolute atomic E-state index is 12.5. The molecule has 0 N–H and O–H groups in total. The van der Waals surface area contributed by atoms with E-state index in [1.807, 2.05) is 0 Å². The lowest BCUT2D eigenvalue weighted by atomic mass is 10.3. The topological polar surface area (TPSA) is 35.4 Å². The summed E-state index contributed by atoms with van der Waals surface area (Å²) >= 11 is 1.94. The summed E-state index contributed by atoms with van der Waals surface area (Å²) in [5.74, 6) is 0. The van der Waals surface area contributed by atoms with Crippen molar-refractivity contribution in [1.82, 2.24) is 0 Å². The number of hydrogen-bond acceptors (Lipinski definition) is 3. The number of hydrogen-bond donors (Lipinski definition) is 0. The first-order valence-corrected chi connectivity index (χ1v) is 7.56.